The first-order chi connectivity index (χ1) is 10.2. The van der Waals surface area contributed by atoms with Gasteiger partial charge in [0.15, 0.2) is 11.5 Å². The lowest BCUT2D eigenvalue weighted by Crippen LogP contribution is -1.99. The first-order valence-corrected chi connectivity index (χ1v) is 6.67. The molecule has 2 N–H and O–H groups in total. The van der Waals surface area contributed by atoms with Crippen LogP contribution in [-0.2, 0) is 0 Å². The number of aromatic nitrogens is 4. The average Bonchev–Trinajstić information content (AvgIpc) is 2.99. The summed E-state index contributed by atoms with van der Waals surface area (Å²) < 4.78 is 11.6. The molecule has 1 heterocycles. The standard InChI is InChI=1S/C12H13BrN6O2/c1-3-4-21-11-9(13)5-8(6-10(11)20-2)7-14-15-12-16-18-19-17-12/h3,5-7H,1,4H2,2H3,(H2,15,16,17,18,19)/b14-7-. The molecule has 0 atom stereocenters. The number of hydrogen-bond donors (Lipinski definition) is 2. The van der Waals surface area contributed by atoms with E-state index in [1.54, 1.807) is 25.5 Å². The van der Waals surface area contributed by atoms with Crippen LogP contribution in [0.4, 0.5) is 5.95 Å². The maximum Gasteiger partial charge on any atom is 0.283 e. The predicted molar refractivity (Wildman–Crippen MR) is 81.8 cm³/mol. The zero-order valence-electron chi connectivity index (χ0n) is 11.2. The van der Waals surface area contributed by atoms with Crippen LogP contribution >= 0.6 is 15.9 Å². The summed E-state index contributed by atoms with van der Waals surface area (Å²) in [6, 6.07) is 3.65. The number of nitrogens with one attached hydrogen (secondary N) is 2. The number of tetrazole rings is 1. The number of anilines is 1. The van der Waals surface area contributed by atoms with Gasteiger partial charge in [-0.15, -0.1) is 5.10 Å². The third kappa shape index (κ3) is 4.02. The van der Waals surface area contributed by atoms with Crippen LogP contribution in [-0.4, -0.2) is 40.6 Å². The molecule has 9 heteroatoms. The van der Waals surface area contributed by atoms with Crippen molar-refractivity contribution in [2.75, 3.05) is 19.1 Å². The van der Waals surface area contributed by atoms with Crippen molar-refractivity contribution < 1.29 is 9.47 Å². The Morgan fingerprint density at radius 3 is 3.05 bits per heavy atom. The van der Waals surface area contributed by atoms with Gasteiger partial charge in [-0.05, 0) is 38.8 Å². The van der Waals surface area contributed by atoms with E-state index in [4.69, 9.17) is 9.47 Å². The van der Waals surface area contributed by atoms with Crippen LogP contribution in [0.1, 0.15) is 5.56 Å². The number of aromatic amines is 1. The lowest BCUT2D eigenvalue weighted by atomic mass is 10.2. The number of nitrogens with zero attached hydrogens (tertiary/aromatic N) is 4. The number of benzene rings is 1. The molecule has 2 aromatic rings. The summed E-state index contributed by atoms with van der Waals surface area (Å²) >= 11 is 3.44. The monoisotopic (exact) mass is 352 g/mol. The van der Waals surface area contributed by atoms with Crippen LogP contribution in [0.15, 0.2) is 34.4 Å². The molecule has 0 amide bonds. The summed E-state index contributed by atoms with van der Waals surface area (Å²) in [6.45, 7) is 4.00. The van der Waals surface area contributed by atoms with E-state index in [0.29, 0.717) is 18.1 Å². The fourth-order valence-electron chi connectivity index (χ4n) is 1.47. The molecule has 21 heavy (non-hydrogen) atoms. The Labute approximate surface area is 129 Å². The molecule has 0 bridgehead atoms. The Morgan fingerprint density at radius 1 is 1.52 bits per heavy atom. The van der Waals surface area contributed by atoms with Crippen molar-refractivity contribution in [3.8, 4) is 11.5 Å². The summed E-state index contributed by atoms with van der Waals surface area (Å²) in [5.41, 5.74) is 3.44. The third-order valence-corrected chi connectivity index (χ3v) is 2.91. The molecule has 8 nitrogen and oxygen atoms in total. The summed E-state index contributed by atoms with van der Waals surface area (Å²) in [5, 5.41) is 17.1. The molecule has 0 aliphatic heterocycles. The van der Waals surface area contributed by atoms with Crippen molar-refractivity contribution in [2.45, 2.75) is 0 Å². The topological polar surface area (TPSA) is 97.3 Å². The van der Waals surface area contributed by atoms with E-state index in [1.807, 2.05) is 6.07 Å². The maximum absolute atomic E-state index is 5.54. The normalized spacial score (nSPS) is 10.6. The Hall–Kier alpha value is -2.42. The Kier molecular flexibility index (Phi) is 5.27. The first kappa shape index (κ1) is 15.0. The summed E-state index contributed by atoms with van der Waals surface area (Å²) in [6.07, 6.45) is 3.26. The third-order valence-electron chi connectivity index (χ3n) is 2.32. The second-order valence-electron chi connectivity index (χ2n) is 3.74. The van der Waals surface area contributed by atoms with Crippen molar-refractivity contribution in [3.63, 3.8) is 0 Å². The van der Waals surface area contributed by atoms with Crippen molar-refractivity contribution in [3.05, 3.63) is 34.8 Å². The molecule has 0 saturated carbocycles. The maximum atomic E-state index is 5.54. The number of methoxy groups -OCH3 is 1. The highest BCUT2D eigenvalue weighted by Gasteiger charge is 2.10. The number of rotatable bonds is 7. The number of halogens is 1. The van der Waals surface area contributed by atoms with Crippen LogP contribution in [0.2, 0.25) is 0 Å². The highest BCUT2D eigenvalue weighted by atomic mass is 79.9. The molecule has 2 rings (SSSR count). The van der Waals surface area contributed by atoms with E-state index < -0.39 is 0 Å². The molecule has 110 valence electrons. The lowest BCUT2D eigenvalue weighted by molar-refractivity contribution is 0.324. The van der Waals surface area contributed by atoms with Gasteiger partial charge >= 0.3 is 0 Å². The molecule has 0 saturated heterocycles. The number of hydrogen-bond acceptors (Lipinski definition) is 7. The van der Waals surface area contributed by atoms with Crippen LogP contribution in [0.25, 0.3) is 0 Å². The zero-order chi connectivity index (χ0) is 15.1. The van der Waals surface area contributed by atoms with Gasteiger partial charge in [0.2, 0.25) is 0 Å². The van der Waals surface area contributed by atoms with Gasteiger partial charge < -0.3 is 9.47 Å². The SMILES string of the molecule is C=CCOc1c(Br)cc(/C=N\Nc2nn[nH]n2)cc1OC. The van der Waals surface area contributed by atoms with Gasteiger partial charge in [0.05, 0.1) is 17.8 Å². The quantitative estimate of drug-likeness (QED) is 0.449. The molecular weight excluding hydrogens is 340 g/mol. The van der Waals surface area contributed by atoms with E-state index in [9.17, 15) is 0 Å². The molecule has 0 unspecified atom stereocenters. The minimum Gasteiger partial charge on any atom is -0.493 e. The number of ether oxygens (including phenoxy) is 2. The molecule has 0 spiro atoms. The molecule has 0 aliphatic rings. The molecule has 1 aromatic carbocycles. The Balaban J connectivity index is 2.15. The fraction of sp³-hybridized carbons (Fsp3) is 0.167. The Bertz CT molecular complexity index is 629. The van der Waals surface area contributed by atoms with Gasteiger partial charge in [-0.3, -0.25) is 0 Å². The molecule has 0 fully saturated rings. The van der Waals surface area contributed by atoms with E-state index in [-0.39, 0.29) is 5.95 Å². The van der Waals surface area contributed by atoms with Gasteiger partial charge in [-0.1, -0.05) is 17.8 Å². The molecular formula is C12H13BrN6O2. The second-order valence-corrected chi connectivity index (χ2v) is 4.59. The van der Waals surface area contributed by atoms with Gasteiger partial charge in [-0.25, -0.2) is 5.43 Å². The van der Waals surface area contributed by atoms with Gasteiger partial charge in [0.1, 0.15) is 6.61 Å². The minimum absolute atomic E-state index is 0.281. The van der Waals surface area contributed by atoms with Crippen molar-refractivity contribution >= 4 is 28.1 Å². The lowest BCUT2D eigenvalue weighted by Gasteiger charge is -2.12. The van der Waals surface area contributed by atoms with Gasteiger partial charge in [0, 0.05) is 0 Å². The van der Waals surface area contributed by atoms with Crippen molar-refractivity contribution in [2.24, 2.45) is 5.10 Å². The number of hydrazone groups is 1. The summed E-state index contributed by atoms with van der Waals surface area (Å²) in [7, 11) is 1.57. The molecule has 1 aromatic heterocycles. The molecule has 0 radical (unpaired) electrons. The summed E-state index contributed by atoms with van der Waals surface area (Å²) in [4.78, 5) is 0. The highest BCUT2D eigenvalue weighted by Crippen LogP contribution is 2.36. The smallest absolute Gasteiger partial charge is 0.283 e. The second kappa shape index (κ2) is 7.39. The Morgan fingerprint density at radius 2 is 2.38 bits per heavy atom. The zero-order valence-corrected chi connectivity index (χ0v) is 12.8. The van der Waals surface area contributed by atoms with Crippen molar-refractivity contribution in [1.82, 2.24) is 20.6 Å². The van der Waals surface area contributed by atoms with Gasteiger partial charge in [-0.2, -0.15) is 10.3 Å². The fourth-order valence-corrected chi connectivity index (χ4v) is 2.04. The van der Waals surface area contributed by atoms with Crippen LogP contribution in [0.3, 0.4) is 0 Å². The minimum atomic E-state index is 0.281. The molecule has 0 aliphatic carbocycles. The van der Waals surface area contributed by atoms with E-state index in [1.165, 1.54) is 0 Å². The van der Waals surface area contributed by atoms with Crippen LogP contribution in [0.5, 0.6) is 11.5 Å². The largest absolute Gasteiger partial charge is 0.493 e. The van der Waals surface area contributed by atoms with Crippen LogP contribution < -0.4 is 14.9 Å². The van der Waals surface area contributed by atoms with E-state index >= 15 is 0 Å². The van der Waals surface area contributed by atoms with E-state index in [2.05, 4.69) is 53.7 Å². The van der Waals surface area contributed by atoms with Crippen molar-refractivity contribution in [1.29, 1.82) is 0 Å². The van der Waals surface area contributed by atoms with Gasteiger partial charge in [0.25, 0.3) is 5.95 Å². The predicted octanol–water partition coefficient (Wildman–Crippen LogP) is 1.98. The van der Waals surface area contributed by atoms with E-state index in [0.717, 1.165) is 10.0 Å². The highest BCUT2D eigenvalue weighted by molar-refractivity contribution is 9.10. The first-order valence-electron chi connectivity index (χ1n) is 5.88. The van der Waals surface area contributed by atoms with Crippen LogP contribution in [0, 0.1) is 0 Å². The number of H-pyrrole nitrogens is 1. The average molecular weight is 353 g/mol. The summed E-state index contributed by atoms with van der Waals surface area (Å²) in [5.74, 6) is 1.48.